The van der Waals surface area contributed by atoms with Crippen LogP contribution in [0.2, 0.25) is 0 Å². The number of nitrogens with one attached hydrogen (secondary N) is 1. The van der Waals surface area contributed by atoms with Crippen molar-refractivity contribution >= 4 is 12.0 Å². The Morgan fingerprint density at radius 2 is 2.09 bits per heavy atom. The third-order valence-corrected chi connectivity index (χ3v) is 4.95. The minimum atomic E-state index is -0.746. The van der Waals surface area contributed by atoms with Gasteiger partial charge in [0.15, 0.2) is 0 Å². The number of carbonyl (C=O) groups excluding carboxylic acids is 2. The fourth-order valence-corrected chi connectivity index (χ4v) is 3.30. The van der Waals surface area contributed by atoms with Crippen molar-refractivity contribution in [3.05, 3.63) is 35.6 Å². The van der Waals surface area contributed by atoms with Crippen LogP contribution >= 0.6 is 0 Å². The standard InChI is InChI=1S/C17H19FN2O3/c18-14-4-2-1-3-13(14)17(7-8-17)15(21)19-9-12-10-20(11-5-6-11)16(22)23-12/h1-4,11-12H,5-10H2,(H,19,21). The number of rotatable bonds is 5. The van der Waals surface area contributed by atoms with Gasteiger partial charge in [0.1, 0.15) is 11.9 Å². The van der Waals surface area contributed by atoms with Gasteiger partial charge in [-0.15, -0.1) is 0 Å². The van der Waals surface area contributed by atoms with E-state index in [1.807, 2.05) is 0 Å². The molecule has 1 saturated heterocycles. The molecule has 2 amide bonds. The fraction of sp³-hybridized carbons (Fsp3) is 0.529. The summed E-state index contributed by atoms with van der Waals surface area (Å²) in [5.41, 5.74) is -0.287. The minimum absolute atomic E-state index is 0.177. The van der Waals surface area contributed by atoms with Crippen molar-refractivity contribution < 1.29 is 18.7 Å². The van der Waals surface area contributed by atoms with Gasteiger partial charge in [0.25, 0.3) is 0 Å². The fourth-order valence-electron chi connectivity index (χ4n) is 3.30. The minimum Gasteiger partial charge on any atom is -0.442 e. The van der Waals surface area contributed by atoms with E-state index in [2.05, 4.69) is 5.32 Å². The zero-order valence-corrected chi connectivity index (χ0v) is 12.8. The van der Waals surface area contributed by atoms with Crippen LogP contribution in [0, 0.1) is 5.82 Å². The number of hydrogen-bond acceptors (Lipinski definition) is 3. The van der Waals surface area contributed by atoms with Crippen LogP contribution in [0.15, 0.2) is 24.3 Å². The summed E-state index contributed by atoms with van der Waals surface area (Å²) in [5, 5.41) is 2.84. The van der Waals surface area contributed by atoms with E-state index in [1.54, 1.807) is 23.1 Å². The normalized spacial score (nSPS) is 25.2. The molecule has 122 valence electrons. The molecule has 3 aliphatic rings. The van der Waals surface area contributed by atoms with E-state index in [-0.39, 0.29) is 30.5 Å². The lowest BCUT2D eigenvalue weighted by Gasteiger charge is -2.18. The Balaban J connectivity index is 1.37. The van der Waals surface area contributed by atoms with E-state index in [0.717, 1.165) is 12.8 Å². The Bertz CT molecular complexity index is 655. The summed E-state index contributed by atoms with van der Waals surface area (Å²) in [4.78, 5) is 26.0. The zero-order chi connectivity index (χ0) is 16.0. The lowest BCUT2D eigenvalue weighted by molar-refractivity contribution is -0.124. The Hall–Kier alpha value is -2.11. The molecule has 0 radical (unpaired) electrons. The van der Waals surface area contributed by atoms with Crippen molar-refractivity contribution in [2.75, 3.05) is 13.1 Å². The number of carbonyl (C=O) groups is 2. The highest BCUT2D eigenvalue weighted by atomic mass is 19.1. The molecular formula is C17H19FN2O3. The number of halogens is 1. The topological polar surface area (TPSA) is 58.6 Å². The SMILES string of the molecule is O=C1OC(CNC(=O)C2(c3ccccc3F)CC2)CN1C1CC1. The first-order chi connectivity index (χ1) is 11.1. The first-order valence-electron chi connectivity index (χ1n) is 8.11. The van der Waals surface area contributed by atoms with Gasteiger partial charge in [-0.05, 0) is 31.7 Å². The first-order valence-corrected chi connectivity index (χ1v) is 8.11. The summed E-state index contributed by atoms with van der Waals surface area (Å²) in [5.74, 6) is -0.518. The van der Waals surface area contributed by atoms with E-state index in [0.29, 0.717) is 31.0 Å². The molecule has 23 heavy (non-hydrogen) atoms. The van der Waals surface area contributed by atoms with Gasteiger partial charge in [-0.2, -0.15) is 0 Å². The number of amides is 2. The zero-order valence-electron chi connectivity index (χ0n) is 12.8. The molecule has 5 nitrogen and oxygen atoms in total. The van der Waals surface area contributed by atoms with E-state index in [4.69, 9.17) is 4.74 Å². The van der Waals surface area contributed by atoms with Crippen molar-refractivity contribution in [3.63, 3.8) is 0 Å². The van der Waals surface area contributed by atoms with Crippen molar-refractivity contribution in [2.45, 2.75) is 43.2 Å². The highest BCUT2D eigenvalue weighted by Crippen LogP contribution is 2.49. The van der Waals surface area contributed by atoms with Gasteiger partial charge in [0, 0.05) is 11.6 Å². The molecule has 1 N–H and O–H groups in total. The molecule has 0 spiro atoms. The van der Waals surface area contributed by atoms with Gasteiger partial charge < -0.3 is 15.0 Å². The molecule has 0 bridgehead atoms. The highest BCUT2D eigenvalue weighted by Gasteiger charge is 2.53. The van der Waals surface area contributed by atoms with Crippen molar-refractivity contribution in [3.8, 4) is 0 Å². The maximum absolute atomic E-state index is 14.0. The van der Waals surface area contributed by atoms with Gasteiger partial charge >= 0.3 is 6.09 Å². The summed E-state index contributed by atoms with van der Waals surface area (Å²) < 4.78 is 19.3. The lowest BCUT2D eigenvalue weighted by Crippen LogP contribution is -2.40. The molecule has 0 aromatic heterocycles. The first kappa shape index (κ1) is 14.5. The number of cyclic esters (lactones) is 1. The van der Waals surface area contributed by atoms with Crippen molar-refractivity contribution in [1.29, 1.82) is 0 Å². The molecule has 2 aliphatic carbocycles. The quantitative estimate of drug-likeness (QED) is 0.903. The molecule has 1 unspecified atom stereocenters. The van der Waals surface area contributed by atoms with Gasteiger partial charge in [-0.3, -0.25) is 4.79 Å². The lowest BCUT2D eigenvalue weighted by atomic mass is 9.94. The van der Waals surface area contributed by atoms with Crippen LogP contribution in [-0.4, -0.2) is 42.1 Å². The Morgan fingerprint density at radius 1 is 1.35 bits per heavy atom. The Labute approximate surface area is 133 Å². The van der Waals surface area contributed by atoms with Gasteiger partial charge in [0.2, 0.25) is 5.91 Å². The second-order valence-electron chi connectivity index (χ2n) is 6.66. The van der Waals surface area contributed by atoms with E-state index >= 15 is 0 Å². The van der Waals surface area contributed by atoms with Gasteiger partial charge in [-0.25, -0.2) is 9.18 Å². The van der Waals surface area contributed by atoms with Crippen LogP contribution in [-0.2, 0) is 14.9 Å². The number of nitrogens with zero attached hydrogens (tertiary/aromatic N) is 1. The summed E-state index contributed by atoms with van der Waals surface area (Å²) in [6.45, 7) is 0.806. The molecular weight excluding hydrogens is 299 g/mol. The summed E-state index contributed by atoms with van der Waals surface area (Å²) in [6, 6.07) is 6.74. The molecule has 1 aromatic rings. The van der Waals surface area contributed by atoms with Gasteiger partial charge in [0.05, 0.1) is 18.5 Å². The largest absolute Gasteiger partial charge is 0.442 e. The maximum Gasteiger partial charge on any atom is 0.410 e. The monoisotopic (exact) mass is 318 g/mol. The molecule has 4 rings (SSSR count). The third kappa shape index (κ3) is 2.56. The van der Waals surface area contributed by atoms with E-state index in [9.17, 15) is 14.0 Å². The predicted molar refractivity (Wildman–Crippen MR) is 80.3 cm³/mol. The average molecular weight is 318 g/mol. The van der Waals surface area contributed by atoms with Crippen molar-refractivity contribution in [1.82, 2.24) is 10.2 Å². The average Bonchev–Trinajstić information content (AvgIpc) is 3.44. The van der Waals surface area contributed by atoms with Crippen LogP contribution in [0.3, 0.4) is 0 Å². The van der Waals surface area contributed by atoms with E-state index in [1.165, 1.54) is 6.07 Å². The summed E-state index contributed by atoms with van der Waals surface area (Å²) in [6.07, 6.45) is 2.76. The number of benzene rings is 1. The van der Waals surface area contributed by atoms with Crippen LogP contribution in [0.25, 0.3) is 0 Å². The Kier molecular flexibility index (Phi) is 3.28. The summed E-state index contributed by atoms with van der Waals surface area (Å²) >= 11 is 0. The second-order valence-corrected chi connectivity index (χ2v) is 6.66. The Morgan fingerprint density at radius 3 is 2.74 bits per heavy atom. The van der Waals surface area contributed by atoms with Crippen LogP contribution < -0.4 is 5.32 Å². The third-order valence-electron chi connectivity index (χ3n) is 4.95. The highest BCUT2D eigenvalue weighted by molar-refractivity contribution is 5.91. The van der Waals surface area contributed by atoms with Crippen LogP contribution in [0.1, 0.15) is 31.2 Å². The number of ether oxygens (including phenoxy) is 1. The summed E-state index contributed by atoms with van der Waals surface area (Å²) in [7, 11) is 0. The predicted octanol–water partition coefficient (Wildman–Crippen LogP) is 1.96. The maximum atomic E-state index is 14.0. The molecule has 1 aliphatic heterocycles. The van der Waals surface area contributed by atoms with Gasteiger partial charge in [-0.1, -0.05) is 18.2 Å². The molecule has 1 atom stereocenters. The van der Waals surface area contributed by atoms with Crippen LogP contribution in [0.4, 0.5) is 9.18 Å². The second kappa shape index (κ2) is 5.22. The molecule has 6 heteroatoms. The molecule has 3 fully saturated rings. The van der Waals surface area contributed by atoms with Crippen molar-refractivity contribution in [2.24, 2.45) is 0 Å². The van der Waals surface area contributed by atoms with E-state index < -0.39 is 5.41 Å². The number of hydrogen-bond donors (Lipinski definition) is 1. The smallest absolute Gasteiger partial charge is 0.410 e. The molecule has 1 heterocycles. The van der Waals surface area contributed by atoms with Crippen LogP contribution in [0.5, 0.6) is 0 Å². The molecule has 2 saturated carbocycles. The molecule has 1 aromatic carbocycles.